The maximum absolute atomic E-state index is 10.2. The van der Waals surface area contributed by atoms with E-state index in [1.807, 2.05) is 19.1 Å². The lowest BCUT2D eigenvalue weighted by atomic mass is 10.1. The number of rotatable bonds is 8. The number of hydrogen-bond acceptors (Lipinski definition) is 1. The number of allylic oxidation sites excluding steroid dienone is 4. The van der Waals surface area contributed by atoms with E-state index >= 15 is 0 Å². The molecule has 80 valence electrons. The summed E-state index contributed by atoms with van der Waals surface area (Å²) in [6.07, 6.45) is 13.8. The van der Waals surface area contributed by atoms with Gasteiger partial charge >= 0.3 is 5.97 Å². The van der Waals surface area contributed by atoms with E-state index in [0.29, 0.717) is 6.42 Å². The Morgan fingerprint density at radius 1 is 1.14 bits per heavy atom. The third-order valence-electron chi connectivity index (χ3n) is 1.95. The highest BCUT2D eigenvalue weighted by atomic mass is 16.4. The molecule has 0 radical (unpaired) electrons. The topological polar surface area (TPSA) is 37.3 Å². The van der Waals surface area contributed by atoms with E-state index in [4.69, 9.17) is 5.11 Å². The molecule has 2 heteroatoms. The molecule has 0 spiro atoms. The zero-order valence-corrected chi connectivity index (χ0v) is 8.91. The maximum Gasteiger partial charge on any atom is 0.303 e. The zero-order valence-electron chi connectivity index (χ0n) is 8.91. The summed E-state index contributed by atoms with van der Waals surface area (Å²) < 4.78 is 0. The van der Waals surface area contributed by atoms with Crippen LogP contribution in [0.15, 0.2) is 24.3 Å². The highest BCUT2D eigenvalue weighted by molar-refractivity contribution is 5.66. The van der Waals surface area contributed by atoms with Crippen molar-refractivity contribution in [2.24, 2.45) is 0 Å². The van der Waals surface area contributed by atoms with Crippen LogP contribution in [0.25, 0.3) is 0 Å². The summed E-state index contributed by atoms with van der Waals surface area (Å²) in [6, 6.07) is 0. The van der Waals surface area contributed by atoms with E-state index in [9.17, 15) is 4.79 Å². The first-order valence-corrected chi connectivity index (χ1v) is 5.27. The molecule has 0 heterocycles. The summed E-state index contributed by atoms with van der Waals surface area (Å²) in [7, 11) is 0. The Balaban J connectivity index is 3.10. The van der Waals surface area contributed by atoms with Gasteiger partial charge in [0.15, 0.2) is 0 Å². The van der Waals surface area contributed by atoms with Crippen molar-refractivity contribution in [2.75, 3.05) is 0 Å². The molecule has 0 unspecified atom stereocenters. The van der Waals surface area contributed by atoms with Gasteiger partial charge in [0.2, 0.25) is 0 Å². The molecule has 0 aromatic carbocycles. The fourth-order valence-corrected chi connectivity index (χ4v) is 1.18. The molecule has 0 amide bonds. The molecule has 0 aliphatic rings. The van der Waals surface area contributed by atoms with Crippen molar-refractivity contribution in [3.05, 3.63) is 24.3 Å². The summed E-state index contributed by atoms with van der Waals surface area (Å²) in [5.41, 5.74) is 0. The van der Waals surface area contributed by atoms with Gasteiger partial charge in [-0.1, -0.05) is 37.1 Å². The van der Waals surface area contributed by atoms with Gasteiger partial charge < -0.3 is 5.11 Å². The van der Waals surface area contributed by atoms with Gasteiger partial charge in [-0.15, -0.1) is 0 Å². The van der Waals surface area contributed by atoms with Crippen molar-refractivity contribution < 1.29 is 9.90 Å². The van der Waals surface area contributed by atoms with E-state index < -0.39 is 5.97 Å². The van der Waals surface area contributed by atoms with Gasteiger partial charge in [-0.2, -0.15) is 0 Å². The molecule has 0 aliphatic heterocycles. The van der Waals surface area contributed by atoms with Crippen molar-refractivity contribution in [3.8, 4) is 0 Å². The predicted octanol–water partition coefficient (Wildman–Crippen LogP) is 3.54. The molecule has 0 aromatic rings. The molecule has 2 nitrogen and oxygen atoms in total. The molecule has 0 aromatic heterocycles. The Labute approximate surface area is 86.3 Å². The molecule has 0 aliphatic carbocycles. The second-order valence-corrected chi connectivity index (χ2v) is 3.30. The Morgan fingerprint density at radius 3 is 2.50 bits per heavy atom. The van der Waals surface area contributed by atoms with Crippen LogP contribution >= 0.6 is 0 Å². The van der Waals surface area contributed by atoms with Crippen molar-refractivity contribution in [2.45, 2.75) is 45.4 Å². The van der Waals surface area contributed by atoms with Gasteiger partial charge in [0, 0.05) is 6.42 Å². The van der Waals surface area contributed by atoms with Crippen molar-refractivity contribution in [3.63, 3.8) is 0 Å². The van der Waals surface area contributed by atoms with Gasteiger partial charge in [0.25, 0.3) is 0 Å². The Hall–Kier alpha value is -1.05. The monoisotopic (exact) mass is 196 g/mol. The SMILES string of the molecule is C/C=C/C=C\CCCCCCC(=O)O. The normalized spacial score (nSPS) is 11.5. The summed E-state index contributed by atoms with van der Waals surface area (Å²) >= 11 is 0. The lowest BCUT2D eigenvalue weighted by Gasteiger charge is -1.96. The van der Waals surface area contributed by atoms with Gasteiger partial charge in [0.1, 0.15) is 0 Å². The van der Waals surface area contributed by atoms with E-state index in [-0.39, 0.29) is 0 Å². The summed E-state index contributed by atoms with van der Waals surface area (Å²) in [4.78, 5) is 10.2. The van der Waals surface area contributed by atoms with Crippen LogP contribution < -0.4 is 0 Å². The number of unbranched alkanes of at least 4 members (excludes halogenated alkanes) is 4. The lowest BCUT2D eigenvalue weighted by molar-refractivity contribution is -0.137. The molecule has 0 saturated heterocycles. The summed E-state index contributed by atoms with van der Waals surface area (Å²) in [5.74, 6) is -0.682. The van der Waals surface area contributed by atoms with E-state index in [1.54, 1.807) is 0 Å². The third kappa shape index (κ3) is 11.0. The molecular formula is C12H20O2. The van der Waals surface area contributed by atoms with Crippen molar-refractivity contribution in [1.29, 1.82) is 0 Å². The minimum absolute atomic E-state index is 0.314. The molecule has 0 fully saturated rings. The molecule has 14 heavy (non-hydrogen) atoms. The standard InChI is InChI=1S/C12H20O2/c1-2-3-4-5-6-7-8-9-10-11-12(13)14/h2-5H,6-11H2,1H3,(H,13,14)/b3-2+,5-4-. The predicted molar refractivity (Wildman–Crippen MR) is 59.3 cm³/mol. The first-order valence-electron chi connectivity index (χ1n) is 5.27. The first kappa shape index (κ1) is 12.9. The highest BCUT2D eigenvalue weighted by Crippen LogP contribution is 2.05. The third-order valence-corrected chi connectivity index (χ3v) is 1.95. The van der Waals surface area contributed by atoms with Gasteiger partial charge in [0.05, 0.1) is 0 Å². The quantitative estimate of drug-likeness (QED) is 0.476. The number of carbonyl (C=O) groups is 1. The number of carboxylic acid groups (broad SMARTS) is 1. The molecular weight excluding hydrogens is 176 g/mol. The summed E-state index contributed by atoms with van der Waals surface area (Å²) in [5, 5.41) is 8.39. The van der Waals surface area contributed by atoms with Crippen LogP contribution in [-0.4, -0.2) is 11.1 Å². The Morgan fingerprint density at radius 2 is 1.86 bits per heavy atom. The van der Waals surface area contributed by atoms with Crippen LogP contribution in [0, 0.1) is 0 Å². The first-order chi connectivity index (χ1) is 6.77. The van der Waals surface area contributed by atoms with Gasteiger partial charge in [-0.25, -0.2) is 0 Å². The van der Waals surface area contributed by atoms with Crippen LogP contribution in [0.3, 0.4) is 0 Å². The van der Waals surface area contributed by atoms with Crippen LogP contribution in [-0.2, 0) is 4.79 Å². The fourth-order valence-electron chi connectivity index (χ4n) is 1.18. The van der Waals surface area contributed by atoms with Gasteiger partial charge in [-0.3, -0.25) is 4.79 Å². The van der Waals surface area contributed by atoms with Crippen LogP contribution in [0.1, 0.15) is 45.4 Å². The van der Waals surface area contributed by atoms with Crippen LogP contribution in [0.5, 0.6) is 0 Å². The van der Waals surface area contributed by atoms with Gasteiger partial charge in [-0.05, 0) is 26.2 Å². The minimum Gasteiger partial charge on any atom is -0.481 e. The van der Waals surface area contributed by atoms with Crippen molar-refractivity contribution in [1.82, 2.24) is 0 Å². The van der Waals surface area contributed by atoms with Crippen LogP contribution in [0.2, 0.25) is 0 Å². The molecule has 1 N–H and O–H groups in total. The molecule has 0 bridgehead atoms. The average Bonchev–Trinajstić information content (AvgIpc) is 2.15. The largest absolute Gasteiger partial charge is 0.481 e. The second-order valence-electron chi connectivity index (χ2n) is 3.30. The molecule has 0 atom stereocenters. The minimum atomic E-state index is -0.682. The highest BCUT2D eigenvalue weighted by Gasteiger charge is 1.95. The lowest BCUT2D eigenvalue weighted by Crippen LogP contribution is -1.93. The number of aliphatic carboxylic acids is 1. The second kappa shape index (κ2) is 10.0. The van der Waals surface area contributed by atoms with E-state index in [1.165, 1.54) is 0 Å². The maximum atomic E-state index is 10.2. The van der Waals surface area contributed by atoms with E-state index in [2.05, 4.69) is 12.2 Å². The Bertz CT molecular complexity index is 192. The fraction of sp³-hybridized carbons (Fsp3) is 0.583. The smallest absolute Gasteiger partial charge is 0.303 e. The Kier molecular flexibility index (Phi) is 9.28. The number of carboxylic acids is 1. The average molecular weight is 196 g/mol. The number of hydrogen-bond donors (Lipinski definition) is 1. The van der Waals surface area contributed by atoms with Crippen molar-refractivity contribution >= 4 is 5.97 Å². The van der Waals surface area contributed by atoms with E-state index in [0.717, 1.165) is 32.1 Å². The zero-order chi connectivity index (χ0) is 10.6. The molecule has 0 rings (SSSR count). The van der Waals surface area contributed by atoms with Crippen LogP contribution in [0.4, 0.5) is 0 Å². The summed E-state index contributed by atoms with van der Waals surface area (Å²) in [6.45, 7) is 2.00. The molecule has 0 saturated carbocycles.